The van der Waals surface area contributed by atoms with E-state index < -0.39 is 16.8 Å². The number of pyridine rings is 1. The van der Waals surface area contributed by atoms with Crippen molar-refractivity contribution in [3.8, 4) is 11.9 Å². The minimum Gasteiger partial charge on any atom is -0.474 e. The average molecular weight is 472 g/mol. The number of nitrogens with zero attached hydrogens (tertiary/aromatic N) is 4. The Morgan fingerprint density at radius 2 is 2.14 bits per heavy atom. The molecule has 3 aromatic rings. The lowest BCUT2D eigenvalue weighted by Gasteiger charge is -2.43. The Balaban J connectivity index is 1.24. The Hall–Kier alpha value is -4.22. The average Bonchev–Trinajstić information content (AvgIpc) is 3.37. The van der Waals surface area contributed by atoms with E-state index in [9.17, 15) is 14.9 Å². The summed E-state index contributed by atoms with van der Waals surface area (Å²) in [6.45, 7) is -0.103. The number of nitriles is 1. The summed E-state index contributed by atoms with van der Waals surface area (Å²) in [4.78, 5) is 31.2. The van der Waals surface area contributed by atoms with Crippen LogP contribution in [0.2, 0.25) is 0 Å². The van der Waals surface area contributed by atoms with Crippen molar-refractivity contribution in [2.24, 2.45) is 0 Å². The molecule has 0 radical (unpaired) electrons. The van der Waals surface area contributed by atoms with E-state index in [1.807, 2.05) is 12.0 Å². The predicted molar refractivity (Wildman–Crippen MR) is 123 cm³/mol. The number of aromatic nitrogens is 3. The van der Waals surface area contributed by atoms with Crippen LogP contribution in [-0.4, -0.2) is 45.2 Å². The van der Waals surface area contributed by atoms with Crippen molar-refractivity contribution in [1.82, 2.24) is 20.5 Å². The first-order valence-corrected chi connectivity index (χ1v) is 11.5. The highest BCUT2D eigenvalue weighted by Gasteiger charge is 2.61. The van der Waals surface area contributed by atoms with Gasteiger partial charge in [-0.1, -0.05) is 6.07 Å². The van der Waals surface area contributed by atoms with Crippen LogP contribution >= 0.6 is 0 Å². The van der Waals surface area contributed by atoms with E-state index in [2.05, 4.69) is 26.6 Å². The Bertz CT molecular complexity index is 1440. The van der Waals surface area contributed by atoms with Crippen LogP contribution in [0.4, 0.5) is 10.1 Å². The molecule has 1 aliphatic heterocycles. The predicted octanol–water partition coefficient (Wildman–Crippen LogP) is 2.67. The third kappa shape index (κ3) is 3.20. The van der Waals surface area contributed by atoms with E-state index in [0.717, 1.165) is 11.9 Å². The molecule has 6 rings (SSSR count). The van der Waals surface area contributed by atoms with Gasteiger partial charge in [0.2, 0.25) is 11.8 Å². The smallest absolute Gasteiger partial charge is 0.238 e. The molecule has 1 aromatic carbocycles. The summed E-state index contributed by atoms with van der Waals surface area (Å²) in [6, 6.07) is 10.3. The number of hydrogen-bond acceptors (Lipinski definition) is 7. The molecule has 3 aliphatic rings. The molecule has 35 heavy (non-hydrogen) atoms. The van der Waals surface area contributed by atoms with E-state index in [1.165, 1.54) is 11.0 Å². The minimum absolute atomic E-state index is 0.103. The third-order valence-electron chi connectivity index (χ3n) is 7.38. The molecule has 2 N–H and O–H groups in total. The molecule has 2 aliphatic carbocycles. The van der Waals surface area contributed by atoms with Gasteiger partial charge in [0, 0.05) is 24.5 Å². The number of carbonyl (C=O) groups is 1. The summed E-state index contributed by atoms with van der Waals surface area (Å²) in [5.74, 6) is 1.50. The number of halogens is 1. The van der Waals surface area contributed by atoms with Gasteiger partial charge in [0.25, 0.3) is 0 Å². The second-order valence-corrected chi connectivity index (χ2v) is 9.46. The first-order valence-electron chi connectivity index (χ1n) is 11.5. The maximum Gasteiger partial charge on any atom is 0.238 e. The molecule has 176 valence electrons. The van der Waals surface area contributed by atoms with Crippen LogP contribution in [0, 0.1) is 17.1 Å². The number of rotatable bonds is 6. The Morgan fingerprint density at radius 3 is 2.86 bits per heavy atom. The van der Waals surface area contributed by atoms with Gasteiger partial charge in [-0.05, 0) is 37.5 Å². The fraction of sp³-hybridized carbons (Fsp3) is 0.360. The molecule has 1 spiro atoms. The van der Waals surface area contributed by atoms with E-state index in [1.54, 1.807) is 24.4 Å². The molecule has 2 saturated carbocycles. The van der Waals surface area contributed by atoms with Crippen LogP contribution in [0.25, 0.3) is 11.0 Å². The van der Waals surface area contributed by atoms with Crippen LogP contribution < -0.4 is 15.0 Å². The van der Waals surface area contributed by atoms with E-state index in [-0.39, 0.29) is 37.1 Å². The topological polar surface area (TPSA) is 124 Å². The molecular formula is C25H21FN6O3. The highest BCUT2D eigenvalue weighted by atomic mass is 19.1. The van der Waals surface area contributed by atoms with Crippen LogP contribution in [0.5, 0.6) is 5.88 Å². The lowest BCUT2D eigenvalue weighted by molar-refractivity contribution is -0.130. The van der Waals surface area contributed by atoms with Crippen molar-refractivity contribution in [1.29, 1.82) is 5.26 Å². The van der Waals surface area contributed by atoms with Crippen molar-refractivity contribution >= 4 is 28.6 Å². The summed E-state index contributed by atoms with van der Waals surface area (Å²) in [6.07, 6.45) is 3.98. The maximum atomic E-state index is 15.1. The zero-order valence-electron chi connectivity index (χ0n) is 18.7. The molecule has 0 saturated heterocycles. The quantitative estimate of drug-likeness (QED) is 0.529. The van der Waals surface area contributed by atoms with E-state index >= 15 is 4.39 Å². The number of nitrogens with one attached hydrogen (secondary N) is 2. The monoisotopic (exact) mass is 472 g/mol. The fourth-order valence-electron chi connectivity index (χ4n) is 5.41. The number of hydrogen-bond donors (Lipinski definition) is 2. The van der Waals surface area contributed by atoms with Crippen molar-refractivity contribution in [3.63, 3.8) is 0 Å². The van der Waals surface area contributed by atoms with Crippen molar-refractivity contribution in [3.05, 3.63) is 53.6 Å². The number of aromatic amines is 1. The second kappa shape index (κ2) is 7.65. The molecule has 0 atom stereocenters. The van der Waals surface area contributed by atoms with Gasteiger partial charge in [-0.2, -0.15) is 10.4 Å². The third-order valence-corrected chi connectivity index (χ3v) is 7.38. The number of amides is 1. The fourth-order valence-corrected chi connectivity index (χ4v) is 5.41. The summed E-state index contributed by atoms with van der Waals surface area (Å²) < 4.78 is 21.1. The summed E-state index contributed by atoms with van der Waals surface area (Å²) >= 11 is 0. The zero-order valence-corrected chi connectivity index (χ0v) is 18.7. The molecule has 2 fully saturated rings. The molecule has 3 heterocycles. The SMILES string of the molecule is N#CC1(NC(=C=O)CN2C(=O)C3(CC(Oc4ccc5[nH]ncc5n4)C3)c3c(F)cccc32)CCC1. The highest BCUT2D eigenvalue weighted by Crippen LogP contribution is 2.55. The lowest BCUT2D eigenvalue weighted by atomic mass is 9.63. The molecule has 0 bridgehead atoms. The Morgan fingerprint density at radius 1 is 1.31 bits per heavy atom. The van der Waals surface area contributed by atoms with E-state index in [0.29, 0.717) is 35.5 Å². The van der Waals surface area contributed by atoms with Crippen LogP contribution in [0.3, 0.4) is 0 Å². The van der Waals surface area contributed by atoms with Crippen molar-refractivity contribution in [2.75, 3.05) is 11.4 Å². The number of ether oxygens (including phenoxy) is 1. The van der Waals surface area contributed by atoms with Gasteiger partial charge in [0.15, 0.2) is 0 Å². The number of H-pyrrole nitrogens is 1. The molecule has 2 aromatic heterocycles. The Labute approximate surface area is 199 Å². The molecular weight excluding hydrogens is 451 g/mol. The van der Waals surface area contributed by atoms with Gasteiger partial charge in [-0.25, -0.2) is 14.2 Å². The van der Waals surface area contributed by atoms with Crippen LogP contribution in [0.15, 0.2) is 42.2 Å². The Kier molecular flexibility index (Phi) is 4.66. The van der Waals surface area contributed by atoms with Gasteiger partial charge < -0.3 is 15.0 Å². The molecule has 0 unspecified atom stereocenters. The van der Waals surface area contributed by atoms with Gasteiger partial charge in [-0.15, -0.1) is 0 Å². The van der Waals surface area contributed by atoms with E-state index in [4.69, 9.17) is 4.74 Å². The summed E-state index contributed by atoms with van der Waals surface area (Å²) in [5.41, 5.74) is 0.439. The lowest BCUT2D eigenvalue weighted by Crippen LogP contribution is -2.55. The molecule has 9 nitrogen and oxygen atoms in total. The van der Waals surface area contributed by atoms with Crippen molar-refractivity contribution < 1.29 is 18.7 Å². The van der Waals surface area contributed by atoms with Crippen molar-refractivity contribution in [2.45, 2.75) is 49.2 Å². The largest absolute Gasteiger partial charge is 0.474 e. The number of anilines is 1. The normalized spacial score (nSPS) is 23.7. The summed E-state index contributed by atoms with van der Waals surface area (Å²) in [5, 5.41) is 19.3. The maximum absolute atomic E-state index is 15.1. The first-order chi connectivity index (χ1) is 17.0. The first kappa shape index (κ1) is 21.3. The zero-order chi connectivity index (χ0) is 24.2. The number of carbonyl (C=O) groups excluding carboxylic acids is 2. The van der Waals surface area contributed by atoms with Crippen LogP contribution in [0.1, 0.15) is 37.7 Å². The molecule has 10 heteroatoms. The highest BCUT2D eigenvalue weighted by molar-refractivity contribution is 6.09. The number of fused-ring (bicyclic) bond motifs is 3. The number of benzene rings is 1. The molecule has 1 amide bonds. The van der Waals surface area contributed by atoms with Crippen LogP contribution in [-0.2, 0) is 15.0 Å². The van der Waals surface area contributed by atoms with Gasteiger partial charge >= 0.3 is 0 Å². The minimum atomic E-state index is -1.07. The second-order valence-electron chi connectivity index (χ2n) is 9.46. The standard InChI is InChI=1S/C25H21FN6O3/c26-17-3-1-4-20-22(17)25(9-16(10-25)35-21-6-5-18-19(29-21)11-28-31-18)23(34)32(20)12-15(13-33)30-24(14-27)7-2-8-24/h1,3-6,11,16,30H,2,7-10,12H2,(H,28,31). The summed E-state index contributed by atoms with van der Waals surface area (Å²) in [7, 11) is 0. The van der Waals surface area contributed by atoms with Gasteiger partial charge in [-0.3, -0.25) is 9.89 Å². The van der Waals surface area contributed by atoms with Gasteiger partial charge in [0.1, 0.15) is 34.6 Å². The van der Waals surface area contributed by atoms with Gasteiger partial charge in [0.05, 0.1) is 35.4 Å².